The van der Waals surface area contributed by atoms with Crippen LogP contribution in [-0.4, -0.2) is 50.5 Å². The van der Waals surface area contributed by atoms with Gasteiger partial charge < -0.3 is 14.9 Å². The van der Waals surface area contributed by atoms with Gasteiger partial charge in [0, 0.05) is 66.6 Å². The molecule has 2 unspecified atom stereocenters. The lowest BCUT2D eigenvalue weighted by Crippen LogP contribution is -2.53. The number of rotatable bonds is 10. The lowest BCUT2D eigenvalue weighted by molar-refractivity contribution is -0.128. The average molecular weight is 474 g/mol. The SMILES string of the molecule is C=CCN1CC(C(=O)NC(CC)CCc2cnc[nH]2)C[C@@H]2c3cccc4c3c(cn4CCC)C[C@H]21. The zero-order valence-electron chi connectivity index (χ0n) is 21.2. The number of nitrogens with one attached hydrogen (secondary N) is 2. The predicted molar refractivity (Wildman–Crippen MR) is 141 cm³/mol. The molecule has 0 radical (unpaired) electrons. The normalized spacial score (nSPS) is 22.6. The number of benzene rings is 1. The zero-order chi connectivity index (χ0) is 24.4. The third kappa shape index (κ3) is 4.68. The Morgan fingerprint density at radius 1 is 1.37 bits per heavy atom. The Morgan fingerprint density at radius 2 is 2.26 bits per heavy atom. The number of aryl methyl sites for hydroxylation is 2. The van der Waals surface area contributed by atoms with E-state index in [4.69, 9.17) is 0 Å². The van der Waals surface area contributed by atoms with E-state index in [2.05, 4.69) is 69.6 Å². The van der Waals surface area contributed by atoms with Crippen LogP contribution in [0.5, 0.6) is 0 Å². The molecule has 4 atom stereocenters. The van der Waals surface area contributed by atoms with Gasteiger partial charge >= 0.3 is 0 Å². The second-order valence-electron chi connectivity index (χ2n) is 10.4. The summed E-state index contributed by atoms with van der Waals surface area (Å²) in [6.45, 7) is 11.1. The molecule has 0 saturated carbocycles. The molecule has 0 bridgehead atoms. The summed E-state index contributed by atoms with van der Waals surface area (Å²) in [5.74, 6) is 0.570. The number of fused-ring (bicyclic) bond motifs is 2. The molecule has 1 amide bonds. The summed E-state index contributed by atoms with van der Waals surface area (Å²) in [7, 11) is 0. The number of aromatic nitrogens is 3. The van der Waals surface area contributed by atoms with Crippen molar-refractivity contribution in [2.24, 2.45) is 5.92 Å². The molecular weight excluding hydrogens is 434 g/mol. The Hall–Kier alpha value is -2.86. The second kappa shape index (κ2) is 10.4. The number of carbonyl (C=O) groups is 1. The van der Waals surface area contributed by atoms with Crippen LogP contribution in [0.2, 0.25) is 0 Å². The van der Waals surface area contributed by atoms with E-state index in [0.717, 1.165) is 63.9 Å². The first kappa shape index (κ1) is 23.9. The van der Waals surface area contributed by atoms with Crippen LogP contribution in [0.1, 0.15) is 62.3 Å². The van der Waals surface area contributed by atoms with Crippen molar-refractivity contribution in [3.8, 4) is 0 Å². The first-order valence-electron chi connectivity index (χ1n) is 13.4. The first-order chi connectivity index (χ1) is 17.1. The largest absolute Gasteiger partial charge is 0.353 e. The van der Waals surface area contributed by atoms with Gasteiger partial charge in [-0.05, 0) is 55.7 Å². The summed E-state index contributed by atoms with van der Waals surface area (Å²) in [6.07, 6.45) is 13.8. The van der Waals surface area contributed by atoms with E-state index in [-0.39, 0.29) is 17.9 Å². The minimum Gasteiger partial charge on any atom is -0.353 e. The van der Waals surface area contributed by atoms with Crippen molar-refractivity contribution in [2.75, 3.05) is 13.1 Å². The van der Waals surface area contributed by atoms with Gasteiger partial charge in [0.25, 0.3) is 0 Å². The van der Waals surface area contributed by atoms with E-state index in [9.17, 15) is 4.79 Å². The van der Waals surface area contributed by atoms with Crippen LogP contribution < -0.4 is 5.32 Å². The summed E-state index contributed by atoms with van der Waals surface area (Å²) < 4.78 is 2.43. The molecule has 0 spiro atoms. The third-order valence-corrected chi connectivity index (χ3v) is 8.13. The van der Waals surface area contributed by atoms with E-state index in [0.29, 0.717) is 12.0 Å². The Morgan fingerprint density at radius 3 is 3.00 bits per heavy atom. The van der Waals surface area contributed by atoms with Crippen molar-refractivity contribution in [1.29, 1.82) is 0 Å². The fraction of sp³-hybridized carbons (Fsp3) is 0.517. The van der Waals surface area contributed by atoms with Gasteiger partial charge in [-0.25, -0.2) is 4.98 Å². The molecule has 3 heterocycles. The fourth-order valence-electron chi connectivity index (χ4n) is 6.41. The summed E-state index contributed by atoms with van der Waals surface area (Å²) >= 11 is 0. The number of carbonyl (C=O) groups excluding carboxylic acids is 1. The van der Waals surface area contributed by atoms with Crippen molar-refractivity contribution in [3.63, 3.8) is 0 Å². The molecule has 3 aromatic rings. The Labute approximate surface area is 208 Å². The van der Waals surface area contributed by atoms with Crippen LogP contribution in [0.15, 0.2) is 49.6 Å². The molecule has 6 heteroatoms. The Kier molecular flexibility index (Phi) is 7.09. The van der Waals surface area contributed by atoms with E-state index in [1.54, 1.807) is 6.33 Å². The molecule has 5 rings (SSSR count). The van der Waals surface area contributed by atoms with Crippen LogP contribution in [0, 0.1) is 5.92 Å². The molecule has 1 aliphatic carbocycles. The summed E-state index contributed by atoms with van der Waals surface area (Å²) in [5.41, 5.74) is 5.37. The molecule has 2 N–H and O–H groups in total. The minimum atomic E-state index is -0.00746. The van der Waals surface area contributed by atoms with Crippen molar-refractivity contribution >= 4 is 16.8 Å². The van der Waals surface area contributed by atoms with Gasteiger partial charge in [0.1, 0.15) is 0 Å². The number of H-pyrrole nitrogens is 1. The quantitative estimate of drug-likeness (QED) is 0.415. The van der Waals surface area contributed by atoms with Gasteiger partial charge in [0.05, 0.1) is 12.2 Å². The predicted octanol–water partition coefficient (Wildman–Crippen LogP) is 4.82. The van der Waals surface area contributed by atoms with Gasteiger partial charge in [-0.1, -0.05) is 32.1 Å². The van der Waals surface area contributed by atoms with Crippen LogP contribution in [-0.2, 0) is 24.2 Å². The zero-order valence-corrected chi connectivity index (χ0v) is 21.2. The van der Waals surface area contributed by atoms with E-state index in [1.807, 2.05) is 12.3 Å². The lowest BCUT2D eigenvalue weighted by atomic mass is 9.72. The van der Waals surface area contributed by atoms with Crippen LogP contribution in [0.3, 0.4) is 0 Å². The maximum Gasteiger partial charge on any atom is 0.224 e. The smallest absolute Gasteiger partial charge is 0.224 e. The molecule has 6 nitrogen and oxygen atoms in total. The molecule has 1 fully saturated rings. The van der Waals surface area contributed by atoms with Crippen molar-refractivity contribution in [2.45, 2.75) is 76.9 Å². The molecular formula is C29H39N5O. The second-order valence-corrected chi connectivity index (χ2v) is 10.4. The van der Waals surface area contributed by atoms with E-state index < -0.39 is 0 Å². The molecule has 2 aliphatic rings. The van der Waals surface area contributed by atoms with Gasteiger partial charge in [-0.2, -0.15) is 0 Å². The van der Waals surface area contributed by atoms with Crippen molar-refractivity contribution in [3.05, 3.63) is 66.4 Å². The van der Waals surface area contributed by atoms with Crippen molar-refractivity contribution < 1.29 is 4.79 Å². The van der Waals surface area contributed by atoms with Crippen LogP contribution >= 0.6 is 0 Å². The highest BCUT2D eigenvalue weighted by Gasteiger charge is 2.42. The van der Waals surface area contributed by atoms with Gasteiger partial charge in [-0.3, -0.25) is 9.69 Å². The number of nitrogens with zero attached hydrogens (tertiary/aromatic N) is 3. The topological polar surface area (TPSA) is 66.0 Å². The molecule has 35 heavy (non-hydrogen) atoms. The highest BCUT2D eigenvalue weighted by Crippen LogP contribution is 2.45. The number of hydrogen-bond donors (Lipinski definition) is 2. The maximum absolute atomic E-state index is 13.5. The fourth-order valence-corrected chi connectivity index (χ4v) is 6.41. The number of piperidine rings is 1. The monoisotopic (exact) mass is 473 g/mol. The number of amides is 1. The van der Waals surface area contributed by atoms with Crippen LogP contribution in [0.25, 0.3) is 10.9 Å². The highest BCUT2D eigenvalue weighted by molar-refractivity contribution is 5.89. The number of aromatic amines is 1. The number of imidazole rings is 1. The summed E-state index contributed by atoms with van der Waals surface area (Å²) in [4.78, 5) is 23.3. The average Bonchev–Trinajstić information content (AvgIpc) is 3.51. The molecule has 1 aromatic carbocycles. The lowest BCUT2D eigenvalue weighted by Gasteiger charge is -2.46. The molecule has 2 aromatic heterocycles. The van der Waals surface area contributed by atoms with Crippen molar-refractivity contribution in [1.82, 2.24) is 24.8 Å². The molecule has 186 valence electrons. The first-order valence-corrected chi connectivity index (χ1v) is 13.4. The summed E-state index contributed by atoms with van der Waals surface area (Å²) in [5, 5.41) is 4.83. The molecule has 1 aliphatic heterocycles. The van der Waals surface area contributed by atoms with Gasteiger partial charge in [-0.15, -0.1) is 6.58 Å². The maximum atomic E-state index is 13.5. The minimum absolute atomic E-state index is 0.00746. The Bertz CT molecular complexity index is 1160. The van der Waals surface area contributed by atoms with E-state index in [1.165, 1.54) is 22.0 Å². The highest BCUT2D eigenvalue weighted by atomic mass is 16.2. The number of hydrogen-bond acceptors (Lipinski definition) is 3. The van der Waals surface area contributed by atoms with Gasteiger partial charge in [0.15, 0.2) is 0 Å². The van der Waals surface area contributed by atoms with Gasteiger partial charge in [0.2, 0.25) is 5.91 Å². The number of likely N-dealkylation sites (tertiary alicyclic amines) is 1. The standard InChI is InChI=1S/C29H39N5O/c1-4-12-33-17-20-15-27-25(24-8-7-9-26(33)28(20)24)14-21(18-34(27)13-5-2)29(35)32-22(6-3)10-11-23-16-30-19-31-23/h5,7-9,16-17,19,21-22,25,27H,2,4,6,10-15,18H2,1,3H3,(H,30,31)(H,32,35)/t21?,22?,25-,27-/m1/s1. The Balaban J connectivity index is 1.37. The van der Waals surface area contributed by atoms with Crippen LogP contribution in [0.4, 0.5) is 0 Å². The van der Waals surface area contributed by atoms with E-state index >= 15 is 0 Å². The molecule has 1 saturated heterocycles. The third-order valence-electron chi connectivity index (χ3n) is 8.13. The summed E-state index contributed by atoms with van der Waals surface area (Å²) in [6, 6.07) is 7.39.